The third-order valence-electron chi connectivity index (χ3n) is 2.22. The summed E-state index contributed by atoms with van der Waals surface area (Å²) >= 11 is 0. The number of aromatic carboxylic acids is 1. The second-order valence-corrected chi connectivity index (χ2v) is 3.13. The number of nitrogens with zero attached hydrogens (tertiary/aromatic N) is 1. The average molecular weight is 218 g/mol. The van der Waals surface area contributed by atoms with E-state index in [0.29, 0.717) is 17.0 Å². The summed E-state index contributed by atoms with van der Waals surface area (Å²) < 4.78 is 5.16. The van der Waals surface area contributed by atoms with Gasteiger partial charge in [-0.15, -0.1) is 0 Å². The monoisotopic (exact) mass is 218 g/mol. The Kier molecular flexibility index (Phi) is 2.59. The first-order valence-electron chi connectivity index (χ1n) is 4.64. The summed E-state index contributed by atoms with van der Waals surface area (Å²) in [6, 6.07) is 7.14. The molecule has 0 atom stereocenters. The third-order valence-corrected chi connectivity index (χ3v) is 2.22. The van der Waals surface area contributed by atoms with Gasteiger partial charge in [0.25, 0.3) is 0 Å². The number of carbonyl (C=O) groups is 1. The fourth-order valence-corrected chi connectivity index (χ4v) is 1.50. The van der Waals surface area contributed by atoms with Crippen molar-refractivity contribution in [2.24, 2.45) is 0 Å². The second-order valence-electron chi connectivity index (χ2n) is 3.13. The van der Waals surface area contributed by atoms with E-state index in [9.17, 15) is 4.79 Å². The molecule has 16 heavy (non-hydrogen) atoms. The number of aromatic nitrogens is 2. The van der Waals surface area contributed by atoms with E-state index in [4.69, 9.17) is 9.84 Å². The van der Waals surface area contributed by atoms with Crippen molar-refractivity contribution in [1.82, 2.24) is 9.97 Å². The van der Waals surface area contributed by atoms with Gasteiger partial charge in [-0.25, -0.2) is 9.78 Å². The predicted molar refractivity (Wildman–Crippen MR) is 57.5 cm³/mol. The molecule has 0 unspecified atom stereocenters. The lowest BCUT2D eigenvalue weighted by Gasteiger charge is -2.06. The minimum atomic E-state index is -1.04. The lowest BCUT2D eigenvalue weighted by atomic mass is 10.1. The molecule has 2 aromatic rings. The topological polar surface area (TPSA) is 75.2 Å². The van der Waals surface area contributed by atoms with Gasteiger partial charge in [-0.1, -0.05) is 12.1 Å². The van der Waals surface area contributed by atoms with E-state index in [1.807, 2.05) is 6.07 Å². The Morgan fingerprint density at radius 1 is 1.44 bits per heavy atom. The molecule has 5 nitrogen and oxygen atoms in total. The lowest BCUT2D eigenvalue weighted by molar-refractivity contribution is 0.0692. The maximum Gasteiger partial charge on any atom is 0.354 e. The van der Waals surface area contributed by atoms with Crippen LogP contribution in [0.2, 0.25) is 0 Å². The maximum absolute atomic E-state index is 10.9. The number of imidazole rings is 1. The fraction of sp³-hybridized carbons (Fsp3) is 0.0909. The van der Waals surface area contributed by atoms with Gasteiger partial charge in [0.2, 0.25) is 0 Å². The number of carboxylic acids is 1. The number of H-pyrrole nitrogens is 1. The van der Waals surface area contributed by atoms with Crippen molar-refractivity contribution in [1.29, 1.82) is 0 Å². The van der Waals surface area contributed by atoms with E-state index >= 15 is 0 Å². The fourth-order valence-electron chi connectivity index (χ4n) is 1.50. The van der Waals surface area contributed by atoms with Gasteiger partial charge in [-0.05, 0) is 12.1 Å². The van der Waals surface area contributed by atoms with Crippen molar-refractivity contribution in [2.45, 2.75) is 0 Å². The van der Waals surface area contributed by atoms with Crippen LogP contribution in [0.15, 0.2) is 30.6 Å². The minimum Gasteiger partial charge on any atom is -0.496 e. The molecule has 1 heterocycles. The average Bonchev–Trinajstić information content (AvgIpc) is 2.77. The van der Waals surface area contributed by atoms with E-state index in [-0.39, 0.29) is 5.69 Å². The van der Waals surface area contributed by atoms with Gasteiger partial charge in [0.1, 0.15) is 11.4 Å². The Balaban J connectivity index is 2.58. The van der Waals surface area contributed by atoms with Crippen LogP contribution >= 0.6 is 0 Å². The molecule has 0 saturated carbocycles. The number of benzene rings is 1. The summed E-state index contributed by atoms with van der Waals surface area (Å²) in [4.78, 5) is 17.5. The van der Waals surface area contributed by atoms with E-state index in [2.05, 4.69) is 9.97 Å². The highest BCUT2D eigenvalue weighted by Crippen LogP contribution is 2.29. The van der Waals surface area contributed by atoms with Crippen LogP contribution in [0.25, 0.3) is 11.3 Å². The van der Waals surface area contributed by atoms with E-state index < -0.39 is 5.97 Å². The van der Waals surface area contributed by atoms with Crippen LogP contribution in [0.5, 0.6) is 5.75 Å². The summed E-state index contributed by atoms with van der Waals surface area (Å²) in [5.74, 6) is -0.449. The van der Waals surface area contributed by atoms with Gasteiger partial charge in [0.05, 0.1) is 13.4 Å². The minimum absolute atomic E-state index is 0.0597. The van der Waals surface area contributed by atoms with Gasteiger partial charge in [0.15, 0.2) is 5.69 Å². The normalized spacial score (nSPS) is 10.1. The Morgan fingerprint density at radius 2 is 2.19 bits per heavy atom. The SMILES string of the molecule is COc1ccccc1-c1nc[nH]c1C(=O)O. The molecule has 0 aliphatic carbocycles. The van der Waals surface area contributed by atoms with Crippen molar-refractivity contribution in [3.8, 4) is 17.0 Å². The summed E-state index contributed by atoms with van der Waals surface area (Å²) in [5.41, 5.74) is 1.10. The third kappa shape index (κ3) is 1.63. The zero-order valence-electron chi connectivity index (χ0n) is 8.60. The quantitative estimate of drug-likeness (QED) is 0.823. The molecule has 1 aromatic heterocycles. The second kappa shape index (κ2) is 4.06. The van der Waals surface area contributed by atoms with Gasteiger partial charge >= 0.3 is 5.97 Å². The van der Waals surface area contributed by atoms with Crippen molar-refractivity contribution in [3.63, 3.8) is 0 Å². The number of para-hydroxylation sites is 1. The summed E-state index contributed by atoms with van der Waals surface area (Å²) in [7, 11) is 1.53. The van der Waals surface area contributed by atoms with Gasteiger partial charge in [-0.3, -0.25) is 0 Å². The van der Waals surface area contributed by atoms with Crippen LogP contribution in [-0.4, -0.2) is 28.2 Å². The molecular weight excluding hydrogens is 208 g/mol. The van der Waals surface area contributed by atoms with Crippen LogP contribution in [0.3, 0.4) is 0 Å². The number of rotatable bonds is 3. The molecule has 0 fully saturated rings. The standard InChI is InChI=1S/C11H10N2O3/c1-16-8-5-3-2-4-7(8)9-10(11(14)15)13-6-12-9/h2-6H,1H3,(H,12,13)(H,14,15). The predicted octanol–water partition coefficient (Wildman–Crippen LogP) is 1.78. The number of methoxy groups -OCH3 is 1. The van der Waals surface area contributed by atoms with Crippen LogP contribution in [0.4, 0.5) is 0 Å². The highest BCUT2D eigenvalue weighted by molar-refractivity contribution is 5.93. The Morgan fingerprint density at radius 3 is 2.88 bits per heavy atom. The number of hydrogen-bond acceptors (Lipinski definition) is 3. The number of nitrogens with one attached hydrogen (secondary N) is 1. The van der Waals surface area contributed by atoms with E-state index in [0.717, 1.165) is 0 Å². The zero-order chi connectivity index (χ0) is 11.5. The summed E-state index contributed by atoms with van der Waals surface area (Å²) in [5, 5.41) is 8.97. The molecule has 0 saturated heterocycles. The number of hydrogen-bond donors (Lipinski definition) is 2. The Bertz CT molecular complexity index is 519. The van der Waals surface area contributed by atoms with Crippen molar-refractivity contribution in [3.05, 3.63) is 36.3 Å². The maximum atomic E-state index is 10.9. The molecule has 5 heteroatoms. The van der Waals surface area contributed by atoms with Crippen molar-refractivity contribution >= 4 is 5.97 Å². The lowest BCUT2D eigenvalue weighted by Crippen LogP contribution is -2.00. The molecule has 0 spiro atoms. The Hall–Kier alpha value is -2.30. The number of ether oxygens (including phenoxy) is 1. The number of carboxylic acid groups (broad SMARTS) is 1. The molecule has 0 aliphatic heterocycles. The molecule has 0 amide bonds. The first-order chi connectivity index (χ1) is 7.74. The highest BCUT2D eigenvalue weighted by atomic mass is 16.5. The molecule has 0 radical (unpaired) electrons. The van der Waals surface area contributed by atoms with E-state index in [1.54, 1.807) is 18.2 Å². The van der Waals surface area contributed by atoms with Gasteiger partial charge in [0, 0.05) is 5.56 Å². The van der Waals surface area contributed by atoms with Gasteiger partial charge in [-0.2, -0.15) is 0 Å². The first kappa shape index (κ1) is 10.2. The van der Waals surface area contributed by atoms with Crippen LogP contribution < -0.4 is 4.74 Å². The molecule has 82 valence electrons. The van der Waals surface area contributed by atoms with E-state index in [1.165, 1.54) is 13.4 Å². The van der Waals surface area contributed by atoms with Crippen LogP contribution in [0, 0.1) is 0 Å². The van der Waals surface area contributed by atoms with Crippen LogP contribution in [-0.2, 0) is 0 Å². The van der Waals surface area contributed by atoms with Gasteiger partial charge < -0.3 is 14.8 Å². The molecule has 2 rings (SSSR count). The van der Waals surface area contributed by atoms with Crippen LogP contribution in [0.1, 0.15) is 10.5 Å². The molecule has 1 aromatic carbocycles. The van der Waals surface area contributed by atoms with Crippen molar-refractivity contribution in [2.75, 3.05) is 7.11 Å². The number of aromatic amines is 1. The highest BCUT2D eigenvalue weighted by Gasteiger charge is 2.17. The Labute approximate surface area is 91.7 Å². The summed E-state index contributed by atoms with van der Waals surface area (Å²) in [6.07, 6.45) is 1.35. The zero-order valence-corrected chi connectivity index (χ0v) is 8.60. The van der Waals surface area contributed by atoms with Crippen molar-refractivity contribution < 1.29 is 14.6 Å². The molecule has 0 aliphatic rings. The molecular formula is C11H10N2O3. The molecule has 0 bridgehead atoms. The largest absolute Gasteiger partial charge is 0.496 e. The first-order valence-corrected chi connectivity index (χ1v) is 4.64. The summed E-state index contributed by atoms with van der Waals surface area (Å²) in [6.45, 7) is 0. The molecule has 2 N–H and O–H groups in total. The smallest absolute Gasteiger partial charge is 0.354 e.